The van der Waals surface area contributed by atoms with Crippen molar-refractivity contribution in [2.75, 3.05) is 6.54 Å². The van der Waals surface area contributed by atoms with Gasteiger partial charge in [-0.25, -0.2) is 4.98 Å². The zero-order valence-electron chi connectivity index (χ0n) is 11.8. The van der Waals surface area contributed by atoms with Crippen LogP contribution in [0.4, 0.5) is 0 Å². The summed E-state index contributed by atoms with van der Waals surface area (Å²) in [4.78, 5) is 4.40. The van der Waals surface area contributed by atoms with Crippen molar-refractivity contribution in [2.45, 2.75) is 19.5 Å². The summed E-state index contributed by atoms with van der Waals surface area (Å²) in [7, 11) is 0. The summed E-state index contributed by atoms with van der Waals surface area (Å²) in [5.74, 6) is 0. The number of fused-ring (bicyclic) bond motifs is 1. The molecular weight excluding hydrogens is 282 g/mol. The van der Waals surface area contributed by atoms with E-state index < -0.39 is 0 Å². The number of benzene rings is 2. The second kappa shape index (κ2) is 6.74. The average molecular weight is 300 g/mol. The smallest absolute Gasteiger partial charge is 0.0958 e. The van der Waals surface area contributed by atoms with Crippen LogP contribution < -0.4 is 5.32 Å². The molecule has 1 N–H and O–H groups in total. The van der Waals surface area contributed by atoms with Crippen LogP contribution in [0.3, 0.4) is 0 Å². The van der Waals surface area contributed by atoms with E-state index in [1.54, 1.807) is 0 Å². The second-order valence-corrected chi connectivity index (χ2v) is 5.46. The van der Waals surface area contributed by atoms with Crippen LogP contribution in [0.5, 0.6) is 0 Å². The minimum Gasteiger partial charge on any atom is -0.331 e. The van der Waals surface area contributed by atoms with Gasteiger partial charge in [0.05, 0.1) is 17.4 Å². The highest BCUT2D eigenvalue weighted by Crippen LogP contribution is 2.14. The van der Waals surface area contributed by atoms with Crippen molar-refractivity contribution >= 4 is 22.6 Å². The Hall–Kier alpha value is -1.84. The highest BCUT2D eigenvalue weighted by Gasteiger charge is 2.01. The van der Waals surface area contributed by atoms with Crippen LogP contribution in [0.2, 0.25) is 5.02 Å². The van der Waals surface area contributed by atoms with Crippen LogP contribution in [-0.2, 0) is 13.1 Å². The van der Waals surface area contributed by atoms with Crippen LogP contribution in [0, 0.1) is 0 Å². The molecule has 3 rings (SSSR count). The quantitative estimate of drug-likeness (QED) is 0.700. The summed E-state index contributed by atoms with van der Waals surface area (Å²) in [6, 6.07) is 16.2. The molecule has 0 spiro atoms. The van der Waals surface area contributed by atoms with Gasteiger partial charge in [0.25, 0.3) is 0 Å². The Morgan fingerprint density at radius 2 is 1.86 bits per heavy atom. The molecule has 2 aromatic carbocycles. The van der Waals surface area contributed by atoms with E-state index in [-0.39, 0.29) is 0 Å². The Morgan fingerprint density at radius 3 is 2.76 bits per heavy atom. The molecule has 1 heterocycles. The highest BCUT2D eigenvalue weighted by atomic mass is 35.5. The normalized spacial score (nSPS) is 11.1. The SMILES string of the molecule is Clc1ccccc1CNCCCn1cnc2ccccc21. The van der Waals surface area contributed by atoms with E-state index in [1.165, 1.54) is 5.52 Å². The maximum absolute atomic E-state index is 6.13. The molecule has 0 aliphatic heterocycles. The van der Waals surface area contributed by atoms with Crippen molar-refractivity contribution in [3.63, 3.8) is 0 Å². The molecule has 0 aliphatic rings. The third-order valence-electron chi connectivity index (χ3n) is 3.55. The number of rotatable bonds is 6. The Morgan fingerprint density at radius 1 is 1.05 bits per heavy atom. The molecule has 0 unspecified atom stereocenters. The summed E-state index contributed by atoms with van der Waals surface area (Å²) >= 11 is 6.13. The lowest BCUT2D eigenvalue weighted by molar-refractivity contribution is 0.588. The number of nitrogens with zero attached hydrogens (tertiary/aromatic N) is 2. The third kappa shape index (κ3) is 3.43. The highest BCUT2D eigenvalue weighted by molar-refractivity contribution is 6.31. The maximum atomic E-state index is 6.13. The van der Waals surface area contributed by atoms with Crippen molar-refractivity contribution in [3.05, 3.63) is 65.4 Å². The molecule has 0 saturated carbocycles. The average Bonchev–Trinajstić information content (AvgIpc) is 2.92. The molecule has 3 nitrogen and oxygen atoms in total. The first-order valence-corrected chi connectivity index (χ1v) is 7.56. The lowest BCUT2D eigenvalue weighted by Gasteiger charge is -2.07. The molecular formula is C17H18ClN3. The zero-order valence-corrected chi connectivity index (χ0v) is 12.6. The van der Waals surface area contributed by atoms with Gasteiger partial charge in [-0.3, -0.25) is 0 Å². The first kappa shape index (κ1) is 14.1. The second-order valence-electron chi connectivity index (χ2n) is 5.05. The lowest BCUT2D eigenvalue weighted by atomic mass is 10.2. The number of halogens is 1. The van der Waals surface area contributed by atoms with Crippen molar-refractivity contribution in [2.24, 2.45) is 0 Å². The molecule has 0 saturated heterocycles. The Bertz CT molecular complexity index is 721. The van der Waals surface area contributed by atoms with Crippen LogP contribution >= 0.6 is 11.6 Å². The van der Waals surface area contributed by atoms with Gasteiger partial charge in [0, 0.05) is 18.1 Å². The van der Waals surface area contributed by atoms with E-state index in [9.17, 15) is 0 Å². The summed E-state index contributed by atoms with van der Waals surface area (Å²) in [5, 5.41) is 4.26. The summed E-state index contributed by atoms with van der Waals surface area (Å²) in [6.45, 7) is 2.73. The summed E-state index contributed by atoms with van der Waals surface area (Å²) < 4.78 is 2.20. The number of nitrogens with one attached hydrogen (secondary N) is 1. The van der Waals surface area contributed by atoms with Crippen LogP contribution in [0.15, 0.2) is 54.9 Å². The van der Waals surface area contributed by atoms with Gasteiger partial charge in [-0.15, -0.1) is 0 Å². The fraction of sp³-hybridized carbons (Fsp3) is 0.235. The number of aryl methyl sites for hydroxylation is 1. The number of hydrogen-bond acceptors (Lipinski definition) is 2. The molecule has 0 radical (unpaired) electrons. The molecule has 0 bridgehead atoms. The molecule has 108 valence electrons. The van der Waals surface area contributed by atoms with Gasteiger partial charge >= 0.3 is 0 Å². The predicted octanol–water partition coefficient (Wildman–Crippen LogP) is 3.87. The fourth-order valence-corrected chi connectivity index (χ4v) is 2.63. The largest absolute Gasteiger partial charge is 0.331 e. The Labute approximate surface area is 129 Å². The van der Waals surface area contributed by atoms with Crippen molar-refractivity contribution in [1.29, 1.82) is 0 Å². The van der Waals surface area contributed by atoms with Gasteiger partial charge in [0.2, 0.25) is 0 Å². The monoisotopic (exact) mass is 299 g/mol. The van der Waals surface area contributed by atoms with Gasteiger partial charge in [-0.1, -0.05) is 41.9 Å². The topological polar surface area (TPSA) is 29.9 Å². The van der Waals surface area contributed by atoms with Gasteiger partial charge in [-0.2, -0.15) is 0 Å². The first-order chi connectivity index (χ1) is 10.3. The molecule has 1 aromatic heterocycles. The van der Waals surface area contributed by atoms with E-state index in [2.05, 4.69) is 33.1 Å². The van der Waals surface area contributed by atoms with Crippen molar-refractivity contribution < 1.29 is 0 Å². The van der Waals surface area contributed by atoms with E-state index in [0.29, 0.717) is 0 Å². The summed E-state index contributed by atoms with van der Waals surface area (Å²) in [5.41, 5.74) is 3.40. The van der Waals surface area contributed by atoms with Crippen LogP contribution in [-0.4, -0.2) is 16.1 Å². The van der Waals surface area contributed by atoms with Crippen molar-refractivity contribution in [3.8, 4) is 0 Å². The molecule has 0 atom stereocenters. The molecule has 21 heavy (non-hydrogen) atoms. The van der Waals surface area contributed by atoms with Gasteiger partial charge < -0.3 is 9.88 Å². The molecule has 4 heteroatoms. The fourth-order valence-electron chi connectivity index (χ4n) is 2.43. The van der Waals surface area contributed by atoms with Gasteiger partial charge in [0.1, 0.15) is 0 Å². The van der Waals surface area contributed by atoms with Crippen LogP contribution in [0.1, 0.15) is 12.0 Å². The number of aromatic nitrogens is 2. The number of hydrogen-bond donors (Lipinski definition) is 1. The lowest BCUT2D eigenvalue weighted by Crippen LogP contribution is -2.16. The number of imidazole rings is 1. The molecule has 0 amide bonds. The third-order valence-corrected chi connectivity index (χ3v) is 3.92. The molecule has 0 aliphatic carbocycles. The summed E-state index contributed by atoms with van der Waals surface area (Å²) in [6.07, 6.45) is 2.98. The maximum Gasteiger partial charge on any atom is 0.0958 e. The number of para-hydroxylation sites is 2. The molecule has 3 aromatic rings. The minimum atomic E-state index is 0.810. The van der Waals surface area contributed by atoms with Crippen molar-refractivity contribution in [1.82, 2.24) is 14.9 Å². The Balaban J connectivity index is 1.47. The van der Waals surface area contributed by atoms with Gasteiger partial charge in [0.15, 0.2) is 0 Å². The van der Waals surface area contributed by atoms with E-state index in [4.69, 9.17) is 11.6 Å². The van der Waals surface area contributed by atoms with E-state index >= 15 is 0 Å². The van der Waals surface area contributed by atoms with Crippen LogP contribution in [0.25, 0.3) is 11.0 Å². The molecule has 0 fully saturated rings. The minimum absolute atomic E-state index is 0.810. The Kier molecular flexibility index (Phi) is 4.53. The van der Waals surface area contributed by atoms with E-state index in [0.717, 1.165) is 42.2 Å². The van der Waals surface area contributed by atoms with Gasteiger partial charge in [-0.05, 0) is 36.7 Å². The van der Waals surface area contributed by atoms with E-state index in [1.807, 2.05) is 36.7 Å². The standard InChI is InChI=1S/C17H18ClN3/c18-15-7-2-1-6-14(15)12-19-10-5-11-21-13-20-16-8-3-4-9-17(16)21/h1-4,6-9,13,19H,5,10-12H2. The first-order valence-electron chi connectivity index (χ1n) is 7.18. The predicted molar refractivity (Wildman–Crippen MR) is 87.5 cm³/mol. The zero-order chi connectivity index (χ0) is 14.5.